The van der Waals surface area contributed by atoms with Crippen LogP contribution in [0.2, 0.25) is 5.02 Å². The molecule has 1 saturated carbocycles. The number of nitrogens with one attached hydrogen (secondary N) is 1. The van der Waals surface area contributed by atoms with E-state index in [0.717, 1.165) is 5.56 Å². The van der Waals surface area contributed by atoms with E-state index in [1.54, 1.807) is 12.1 Å². The molecule has 114 valence electrons. The zero-order valence-electron chi connectivity index (χ0n) is 12.2. The third kappa shape index (κ3) is 3.76. The fourth-order valence-electron chi connectivity index (χ4n) is 3.01. The summed E-state index contributed by atoms with van der Waals surface area (Å²) in [7, 11) is 0. The number of carbonyl (C=O) groups excluding carboxylic acids is 1. The van der Waals surface area contributed by atoms with Crippen LogP contribution in [-0.4, -0.2) is 17.0 Å². The second-order valence-electron chi connectivity index (χ2n) is 5.91. The van der Waals surface area contributed by atoms with E-state index >= 15 is 0 Å². The summed E-state index contributed by atoms with van der Waals surface area (Å²) in [6.07, 6.45) is 1.21. The Morgan fingerprint density at radius 1 is 1.24 bits per heavy atom. The van der Waals surface area contributed by atoms with Crippen LogP contribution in [0.1, 0.15) is 38.3 Å². The number of halogens is 1. The van der Waals surface area contributed by atoms with E-state index in [0.29, 0.717) is 17.9 Å². The van der Waals surface area contributed by atoms with E-state index < -0.39 is 17.8 Å². The maximum absolute atomic E-state index is 12.4. The molecule has 0 bridgehead atoms. The van der Waals surface area contributed by atoms with Crippen LogP contribution in [0.15, 0.2) is 24.3 Å². The molecule has 1 aromatic carbocycles. The first-order chi connectivity index (χ1) is 9.88. The smallest absolute Gasteiger partial charge is 0.307 e. The van der Waals surface area contributed by atoms with Gasteiger partial charge in [0.05, 0.1) is 17.9 Å². The second kappa shape index (κ2) is 6.48. The van der Waals surface area contributed by atoms with Gasteiger partial charge in [-0.05, 0) is 43.4 Å². The third-order valence-electron chi connectivity index (χ3n) is 4.18. The van der Waals surface area contributed by atoms with Gasteiger partial charge in [-0.2, -0.15) is 0 Å². The number of hydrogen-bond donors (Lipinski definition) is 2. The van der Waals surface area contributed by atoms with Crippen molar-refractivity contribution >= 4 is 23.5 Å². The van der Waals surface area contributed by atoms with Crippen molar-refractivity contribution in [2.24, 2.45) is 17.8 Å². The van der Waals surface area contributed by atoms with Crippen molar-refractivity contribution in [1.29, 1.82) is 0 Å². The third-order valence-corrected chi connectivity index (χ3v) is 4.43. The monoisotopic (exact) mass is 309 g/mol. The maximum atomic E-state index is 12.4. The molecule has 0 radical (unpaired) electrons. The maximum Gasteiger partial charge on any atom is 0.307 e. The van der Waals surface area contributed by atoms with Gasteiger partial charge in [0.25, 0.3) is 0 Å². The van der Waals surface area contributed by atoms with Gasteiger partial charge in [0.1, 0.15) is 0 Å². The number of amides is 1. The number of aliphatic carboxylic acids is 1. The van der Waals surface area contributed by atoms with E-state index in [1.807, 2.05) is 26.0 Å². The van der Waals surface area contributed by atoms with Crippen molar-refractivity contribution in [3.05, 3.63) is 34.9 Å². The summed E-state index contributed by atoms with van der Waals surface area (Å²) in [6, 6.07) is 7.10. The van der Waals surface area contributed by atoms with Crippen molar-refractivity contribution in [2.75, 3.05) is 0 Å². The summed E-state index contributed by atoms with van der Waals surface area (Å²) < 4.78 is 0. The molecule has 4 nitrogen and oxygen atoms in total. The van der Waals surface area contributed by atoms with Crippen molar-refractivity contribution in [2.45, 2.75) is 32.7 Å². The molecule has 1 aliphatic carbocycles. The number of carboxylic acids is 1. The topological polar surface area (TPSA) is 66.4 Å². The second-order valence-corrected chi connectivity index (χ2v) is 6.35. The van der Waals surface area contributed by atoms with Crippen LogP contribution in [0.3, 0.4) is 0 Å². The normalized spacial score (nSPS) is 26.3. The molecule has 1 amide bonds. The van der Waals surface area contributed by atoms with E-state index in [-0.39, 0.29) is 17.9 Å². The quantitative estimate of drug-likeness (QED) is 0.897. The molecule has 0 aliphatic heterocycles. The van der Waals surface area contributed by atoms with Gasteiger partial charge >= 0.3 is 5.97 Å². The number of benzene rings is 1. The van der Waals surface area contributed by atoms with Gasteiger partial charge in [-0.3, -0.25) is 9.59 Å². The summed E-state index contributed by atoms with van der Waals surface area (Å²) >= 11 is 5.84. The summed E-state index contributed by atoms with van der Waals surface area (Å²) in [5.74, 6) is -1.79. The lowest BCUT2D eigenvalue weighted by atomic mass is 9.94. The first-order valence-corrected chi connectivity index (χ1v) is 7.55. The molecule has 0 heterocycles. The molecule has 5 heteroatoms. The Bertz CT molecular complexity index is 529. The molecule has 21 heavy (non-hydrogen) atoms. The lowest BCUT2D eigenvalue weighted by molar-refractivity contribution is -0.146. The zero-order chi connectivity index (χ0) is 15.6. The molecule has 0 aromatic heterocycles. The van der Waals surface area contributed by atoms with Gasteiger partial charge in [-0.15, -0.1) is 0 Å². The Labute approximate surface area is 129 Å². The molecular weight excluding hydrogens is 290 g/mol. The van der Waals surface area contributed by atoms with Gasteiger partial charge in [0.15, 0.2) is 0 Å². The lowest BCUT2D eigenvalue weighted by Crippen LogP contribution is -2.36. The predicted octanol–water partition coefficient (Wildman–Crippen LogP) is 3.26. The fourth-order valence-corrected chi connectivity index (χ4v) is 3.14. The Morgan fingerprint density at radius 3 is 2.38 bits per heavy atom. The van der Waals surface area contributed by atoms with Crippen LogP contribution in [0.25, 0.3) is 0 Å². The fraction of sp³-hybridized carbons (Fsp3) is 0.500. The molecule has 2 rings (SSSR count). The average molecular weight is 310 g/mol. The molecule has 1 aromatic rings. The van der Waals surface area contributed by atoms with Gasteiger partial charge in [0, 0.05) is 5.02 Å². The van der Waals surface area contributed by atoms with Crippen LogP contribution >= 0.6 is 11.6 Å². The molecule has 1 aliphatic rings. The van der Waals surface area contributed by atoms with Gasteiger partial charge in [-0.1, -0.05) is 30.7 Å². The molecule has 0 saturated heterocycles. The van der Waals surface area contributed by atoms with Gasteiger partial charge in [-0.25, -0.2) is 0 Å². The van der Waals surface area contributed by atoms with Crippen molar-refractivity contribution < 1.29 is 14.7 Å². The minimum absolute atomic E-state index is 0.167. The highest BCUT2D eigenvalue weighted by Crippen LogP contribution is 2.36. The van der Waals surface area contributed by atoms with Crippen LogP contribution in [0.5, 0.6) is 0 Å². The summed E-state index contributed by atoms with van der Waals surface area (Å²) in [6.45, 7) is 3.88. The largest absolute Gasteiger partial charge is 0.481 e. The lowest BCUT2D eigenvalue weighted by Gasteiger charge is -2.20. The zero-order valence-corrected chi connectivity index (χ0v) is 12.9. The van der Waals surface area contributed by atoms with Crippen LogP contribution < -0.4 is 5.32 Å². The Balaban J connectivity index is 2.03. The molecule has 4 atom stereocenters. The summed E-state index contributed by atoms with van der Waals surface area (Å²) in [4.78, 5) is 23.6. The molecule has 2 unspecified atom stereocenters. The first kappa shape index (κ1) is 15.8. The number of rotatable bonds is 4. The van der Waals surface area contributed by atoms with Crippen molar-refractivity contribution in [3.8, 4) is 0 Å². The van der Waals surface area contributed by atoms with Crippen LogP contribution in [-0.2, 0) is 9.59 Å². The molecule has 1 fully saturated rings. The highest BCUT2D eigenvalue weighted by molar-refractivity contribution is 6.30. The summed E-state index contributed by atoms with van der Waals surface area (Å²) in [5, 5.41) is 12.8. The van der Waals surface area contributed by atoms with Crippen molar-refractivity contribution in [3.63, 3.8) is 0 Å². The molecule has 0 spiro atoms. The Kier molecular flexibility index (Phi) is 4.88. The number of carbonyl (C=O) groups is 2. The Morgan fingerprint density at radius 2 is 1.81 bits per heavy atom. The van der Waals surface area contributed by atoms with Crippen molar-refractivity contribution in [1.82, 2.24) is 5.32 Å². The highest BCUT2D eigenvalue weighted by atomic mass is 35.5. The van der Waals surface area contributed by atoms with E-state index in [2.05, 4.69) is 5.32 Å². The molecule has 2 N–H and O–H groups in total. The van der Waals surface area contributed by atoms with Gasteiger partial charge < -0.3 is 10.4 Å². The minimum Gasteiger partial charge on any atom is -0.481 e. The summed E-state index contributed by atoms with van der Waals surface area (Å²) in [5.41, 5.74) is 0.950. The number of carboxylic acid groups (broad SMARTS) is 1. The highest BCUT2D eigenvalue weighted by Gasteiger charge is 2.41. The average Bonchev–Trinajstić information content (AvgIpc) is 2.82. The number of hydrogen-bond acceptors (Lipinski definition) is 2. The predicted molar refractivity (Wildman–Crippen MR) is 81.0 cm³/mol. The minimum atomic E-state index is -0.876. The van der Waals surface area contributed by atoms with E-state index in [4.69, 9.17) is 11.6 Å². The first-order valence-electron chi connectivity index (χ1n) is 7.17. The SMILES string of the molecule is CC1C[C@H](C(=O)NC(C)c2ccc(Cl)cc2)[C@H](C(=O)O)C1. The Hall–Kier alpha value is -1.55. The molecular formula is C16H20ClNO3. The van der Waals surface area contributed by atoms with Crippen LogP contribution in [0.4, 0.5) is 0 Å². The van der Waals surface area contributed by atoms with Crippen LogP contribution in [0, 0.1) is 17.8 Å². The van der Waals surface area contributed by atoms with E-state index in [9.17, 15) is 14.7 Å². The standard InChI is InChI=1S/C16H20ClNO3/c1-9-7-13(14(8-9)16(20)21)15(19)18-10(2)11-3-5-12(17)6-4-11/h3-6,9-10,13-14H,7-8H2,1-2H3,(H,18,19)(H,20,21)/t9?,10?,13-,14+/m0/s1. The van der Waals surface area contributed by atoms with E-state index in [1.165, 1.54) is 0 Å². The van der Waals surface area contributed by atoms with Gasteiger partial charge in [0.2, 0.25) is 5.91 Å².